The first-order valence-corrected chi connectivity index (χ1v) is 13.1. The number of hydrogen-bond donors (Lipinski definition) is 1. The molecule has 1 aromatic heterocycles. The zero-order valence-electron chi connectivity index (χ0n) is 21.5. The van der Waals surface area contributed by atoms with Crippen LogP contribution in [0.15, 0.2) is 85.1 Å². The van der Waals surface area contributed by atoms with E-state index < -0.39 is 0 Å². The highest BCUT2D eigenvalue weighted by Crippen LogP contribution is 2.27. The Labute approximate surface area is 232 Å². The van der Waals surface area contributed by atoms with Crippen molar-refractivity contribution in [3.63, 3.8) is 0 Å². The van der Waals surface area contributed by atoms with Gasteiger partial charge in [0.05, 0.1) is 24.6 Å². The van der Waals surface area contributed by atoms with Gasteiger partial charge in [-0.25, -0.2) is 4.98 Å². The van der Waals surface area contributed by atoms with Crippen molar-refractivity contribution in [2.24, 2.45) is 0 Å². The zero-order valence-corrected chi connectivity index (χ0v) is 22.3. The lowest BCUT2D eigenvalue weighted by atomic mass is 10.1. The summed E-state index contributed by atoms with van der Waals surface area (Å²) in [6, 6.07) is 23.7. The molecule has 0 saturated carbocycles. The summed E-state index contributed by atoms with van der Waals surface area (Å²) in [6.07, 6.45) is 3.54. The second-order valence-corrected chi connectivity index (χ2v) is 9.70. The number of hydrogen-bond acceptors (Lipinski definition) is 5. The minimum absolute atomic E-state index is 0.0965. The third kappa shape index (κ3) is 6.47. The van der Waals surface area contributed by atoms with Crippen LogP contribution in [0.2, 0.25) is 5.02 Å². The van der Waals surface area contributed by atoms with E-state index in [2.05, 4.69) is 5.32 Å². The second-order valence-electron chi connectivity index (χ2n) is 9.26. The monoisotopic (exact) mass is 544 g/mol. The summed E-state index contributed by atoms with van der Waals surface area (Å²) in [5.41, 5.74) is 2.78. The zero-order chi connectivity index (χ0) is 27.2. The van der Waals surface area contributed by atoms with Crippen molar-refractivity contribution < 1.29 is 19.1 Å². The van der Waals surface area contributed by atoms with Gasteiger partial charge in [0, 0.05) is 41.6 Å². The van der Waals surface area contributed by atoms with E-state index in [1.807, 2.05) is 48.7 Å². The average Bonchev–Trinajstić information content (AvgIpc) is 3.63. The van der Waals surface area contributed by atoms with Crippen molar-refractivity contribution in [3.8, 4) is 22.7 Å². The lowest BCUT2D eigenvalue weighted by Gasteiger charge is -2.25. The maximum absolute atomic E-state index is 13.4. The number of carbonyl (C=O) groups is 2. The van der Waals surface area contributed by atoms with E-state index in [0.29, 0.717) is 41.1 Å². The third-order valence-electron chi connectivity index (χ3n) is 6.52. The van der Waals surface area contributed by atoms with Gasteiger partial charge in [0.1, 0.15) is 12.3 Å². The Morgan fingerprint density at radius 1 is 1.10 bits per heavy atom. The van der Waals surface area contributed by atoms with E-state index in [1.54, 1.807) is 53.0 Å². The van der Waals surface area contributed by atoms with Gasteiger partial charge in [0.25, 0.3) is 5.91 Å². The number of benzene rings is 3. The van der Waals surface area contributed by atoms with Crippen LogP contribution in [0.5, 0.6) is 5.75 Å². The van der Waals surface area contributed by atoms with Crippen LogP contribution in [-0.4, -0.2) is 59.2 Å². The van der Waals surface area contributed by atoms with Gasteiger partial charge >= 0.3 is 0 Å². The lowest BCUT2D eigenvalue weighted by Crippen LogP contribution is -2.42. The molecule has 3 aromatic carbocycles. The van der Waals surface area contributed by atoms with Crippen molar-refractivity contribution in [2.45, 2.75) is 18.9 Å². The van der Waals surface area contributed by atoms with E-state index in [4.69, 9.17) is 26.1 Å². The number of halogens is 1. The molecule has 2 amide bonds. The number of aromatic nitrogens is 2. The molecule has 1 N–H and O–H groups in total. The topological polar surface area (TPSA) is 85.7 Å². The van der Waals surface area contributed by atoms with Gasteiger partial charge in [-0.05, 0) is 49.2 Å². The Morgan fingerprint density at radius 2 is 1.90 bits per heavy atom. The molecular formula is C30H29ClN4O4. The standard InChI is InChI=1S/C30H29ClN4O4/c1-38-25-10-5-9-24(17-25)35-19-27(21-12-14-23(31)15-13-21)32-30(35)33-28(36)20-34(18-26-11-6-16-39-26)29(37)22-7-3-2-4-8-22/h2-5,7-10,12-15,17,19,26H,6,11,16,18,20H2,1H3,(H,32,33,36)/t26-/m0/s1. The fourth-order valence-electron chi connectivity index (χ4n) is 4.54. The van der Waals surface area contributed by atoms with E-state index in [9.17, 15) is 9.59 Å². The number of nitrogens with zero attached hydrogens (tertiary/aromatic N) is 3. The molecule has 1 aliphatic heterocycles. The van der Waals surface area contributed by atoms with Gasteiger partial charge in [-0.1, -0.05) is 48.0 Å². The molecule has 1 saturated heterocycles. The summed E-state index contributed by atoms with van der Waals surface area (Å²) in [6.45, 7) is 0.853. The molecule has 0 bridgehead atoms. The molecule has 0 aliphatic carbocycles. The van der Waals surface area contributed by atoms with Gasteiger partial charge in [-0.2, -0.15) is 0 Å². The van der Waals surface area contributed by atoms with Gasteiger partial charge in [0.15, 0.2) is 0 Å². The molecule has 8 nitrogen and oxygen atoms in total. The first kappa shape index (κ1) is 26.5. The number of nitrogens with one attached hydrogen (secondary N) is 1. The molecule has 4 aromatic rings. The summed E-state index contributed by atoms with van der Waals surface area (Å²) in [4.78, 5) is 33.0. The molecule has 5 rings (SSSR count). The van der Waals surface area contributed by atoms with Crippen LogP contribution in [0, 0.1) is 0 Å². The predicted molar refractivity (Wildman–Crippen MR) is 151 cm³/mol. The van der Waals surface area contributed by atoms with Gasteiger partial charge in [-0.3, -0.25) is 19.5 Å². The van der Waals surface area contributed by atoms with Crippen molar-refractivity contribution in [1.29, 1.82) is 0 Å². The number of amides is 2. The number of imidazole rings is 1. The minimum Gasteiger partial charge on any atom is -0.497 e. The average molecular weight is 545 g/mol. The van der Waals surface area contributed by atoms with E-state index >= 15 is 0 Å². The number of anilines is 1. The number of ether oxygens (including phenoxy) is 2. The van der Waals surface area contributed by atoms with Crippen molar-refractivity contribution in [3.05, 3.63) is 95.6 Å². The summed E-state index contributed by atoms with van der Waals surface area (Å²) >= 11 is 6.08. The SMILES string of the molecule is COc1cccc(-n2cc(-c3ccc(Cl)cc3)nc2NC(=O)CN(C[C@@H]2CCCO2)C(=O)c2ccccc2)c1. The Hall–Kier alpha value is -4.14. The molecule has 1 fully saturated rings. The Kier molecular flexibility index (Phi) is 8.24. The minimum atomic E-state index is -0.366. The van der Waals surface area contributed by atoms with Crippen LogP contribution in [-0.2, 0) is 9.53 Å². The van der Waals surface area contributed by atoms with Gasteiger partial charge in [-0.15, -0.1) is 0 Å². The molecule has 0 unspecified atom stereocenters. The van der Waals surface area contributed by atoms with E-state index in [0.717, 1.165) is 24.1 Å². The Balaban J connectivity index is 1.42. The van der Waals surface area contributed by atoms with E-state index in [-0.39, 0.29) is 24.5 Å². The normalized spacial score (nSPS) is 14.7. The van der Waals surface area contributed by atoms with Gasteiger partial charge < -0.3 is 14.4 Å². The predicted octanol–water partition coefficient (Wildman–Crippen LogP) is 5.46. The quantitative estimate of drug-likeness (QED) is 0.302. The Morgan fingerprint density at radius 3 is 2.62 bits per heavy atom. The van der Waals surface area contributed by atoms with E-state index in [1.165, 1.54) is 0 Å². The number of methoxy groups -OCH3 is 1. The molecule has 1 aliphatic rings. The molecule has 1 atom stereocenters. The summed E-state index contributed by atoms with van der Waals surface area (Å²) < 4.78 is 12.9. The highest BCUT2D eigenvalue weighted by molar-refractivity contribution is 6.30. The molecular weight excluding hydrogens is 516 g/mol. The maximum atomic E-state index is 13.4. The number of carbonyl (C=O) groups excluding carboxylic acids is 2. The van der Waals surface area contributed by atoms with Crippen molar-refractivity contribution >= 4 is 29.4 Å². The van der Waals surface area contributed by atoms with Crippen LogP contribution in [0.3, 0.4) is 0 Å². The largest absolute Gasteiger partial charge is 0.497 e. The molecule has 9 heteroatoms. The first-order valence-electron chi connectivity index (χ1n) is 12.8. The highest BCUT2D eigenvalue weighted by Gasteiger charge is 2.26. The molecule has 2 heterocycles. The van der Waals surface area contributed by atoms with Gasteiger partial charge in [0.2, 0.25) is 11.9 Å². The van der Waals surface area contributed by atoms with Crippen molar-refractivity contribution in [2.75, 3.05) is 32.1 Å². The summed E-state index contributed by atoms with van der Waals surface area (Å²) in [5.74, 6) is 0.402. The smallest absolute Gasteiger partial charge is 0.254 e. The second kappa shape index (κ2) is 12.1. The molecule has 200 valence electrons. The fraction of sp³-hybridized carbons (Fsp3) is 0.233. The lowest BCUT2D eigenvalue weighted by molar-refractivity contribution is -0.117. The van der Waals surface area contributed by atoms with Crippen LogP contribution in [0.1, 0.15) is 23.2 Å². The molecule has 0 radical (unpaired) electrons. The van der Waals surface area contributed by atoms with Crippen LogP contribution in [0.4, 0.5) is 5.95 Å². The Bertz CT molecular complexity index is 1430. The molecule has 0 spiro atoms. The van der Waals surface area contributed by atoms with Crippen LogP contribution in [0.25, 0.3) is 16.9 Å². The highest BCUT2D eigenvalue weighted by atomic mass is 35.5. The fourth-order valence-corrected chi connectivity index (χ4v) is 4.67. The van der Waals surface area contributed by atoms with Crippen LogP contribution < -0.4 is 10.1 Å². The number of rotatable bonds is 9. The van der Waals surface area contributed by atoms with Crippen molar-refractivity contribution in [1.82, 2.24) is 14.5 Å². The third-order valence-corrected chi connectivity index (χ3v) is 6.77. The van der Waals surface area contributed by atoms with Crippen LogP contribution >= 0.6 is 11.6 Å². The summed E-state index contributed by atoms with van der Waals surface area (Å²) in [5, 5.41) is 3.54. The first-order chi connectivity index (χ1) is 19.0. The summed E-state index contributed by atoms with van der Waals surface area (Å²) in [7, 11) is 1.60. The molecule has 39 heavy (non-hydrogen) atoms. The maximum Gasteiger partial charge on any atom is 0.254 e.